The van der Waals surface area contributed by atoms with Gasteiger partial charge in [0.05, 0.1) is 15.5 Å². The predicted molar refractivity (Wildman–Crippen MR) is 92.7 cm³/mol. The molecule has 0 amide bonds. The maximum Gasteiger partial charge on any atom is 0.242 e. The van der Waals surface area contributed by atoms with Crippen LogP contribution in [0.1, 0.15) is 11.1 Å². The molecular weight excluding hydrogens is 348 g/mol. The van der Waals surface area contributed by atoms with E-state index in [0.29, 0.717) is 5.75 Å². The number of ether oxygens (including phenoxy) is 1. The lowest BCUT2D eigenvalue weighted by atomic mass is 10.2. The predicted octanol–water partition coefficient (Wildman–Crippen LogP) is 3.22. The molecular formula is C17H17ClN2O3S. The molecule has 0 bridgehead atoms. The van der Waals surface area contributed by atoms with Crippen LogP contribution < -0.4 is 4.74 Å². The summed E-state index contributed by atoms with van der Waals surface area (Å²) >= 11 is 5.91. The van der Waals surface area contributed by atoms with Gasteiger partial charge in [0.1, 0.15) is 18.4 Å². The zero-order chi connectivity index (χ0) is 17.7. The molecule has 0 heterocycles. The number of nitrogens with zero attached hydrogens (tertiary/aromatic N) is 2. The molecule has 0 aromatic heterocycles. The van der Waals surface area contributed by atoms with E-state index in [9.17, 15) is 8.42 Å². The molecule has 0 saturated heterocycles. The van der Waals surface area contributed by atoms with Gasteiger partial charge in [0.25, 0.3) is 0 Å². The molecule has 0 aliphatic carbocycles. The third kappa shape index (κ3) is 4.26. The van der Waals surface area contributed by atoms with Crippen molar-refractivity contribution in [1.29, 1.82) is 5.26 Å². The molecule has 0 saturated carbocycles. The van der Waals surface area contributed by atoms with Crippen molar-refractivity contribution in [1.82, 2.24) is 4.31 Å². The van der Waals surface area contributed by atoms with Gasteiger partial charge in [-0.15, -0.1) is 0 Å². The summed E-state index contributed by atoms with van der Waals surface area (Å²) in [5.74, 6) is 0.696. The summed E-state index contributed by atoms with van der Waals surface area (Å²) in [5.41, 5.74) is 1.31. The van der Waals surface area contributed by atoms with Gasteiger partial charge in [-0.2, -0.15) is 9.57 Å². The zero-order valence-electron chi connectivity index (χ0n) is 13.4. The van der Waals surface area contributed by atoms with E-state index in [0.717, 1.165) is 5.56 Å². The van der Waals surface area contributed by atoms with Crippen LogP contribution in [-0.4, -0.2) is 32.9 Å². The molecule has 0 aliphatic rings. The highest BCUT2D eigenvalue weighted by atomic mass is 35.5. The number of hydrogen-bond donors (Lipinski definition) is 0. The SMILES string of the molecule is Cc1cccc(OCCN(C)S(=O)(=O)c2ccc(C#N)c(Cl)c2)c1. The number of benzene rings is 2. The molecule has 126 valence electrons. The Kier molecular flexibility index (Phi) is 5.84. The summed E-state index contributed by atoms with van der Waals surface area (Å²) < 4.78 is 31.8. The van der Waals surface area contributed by atoms with Crippen molar-refractivity contribution in [3.8, 4) is 11.8 Å². The lowest BCUT2D eigenvalue weighted by molar-refractivity contribution is 0.286. The molecule has 24 heavy (non-hydrogen) atoms. The van der Waals surface area contributed by atoms with E-state index in [-0.39, 0.29) is 28.6 Å². The summed E-state index contributed by atoms with van der Waals surface area (Å²) in [7, 11) is -2.22. The average Bonchev–Trinajstić information content (AvgIpc) is 2.54. The first-order valence-electron chi connectivity index (χ1n) is 7.20. The molecule has 2 aromatic carbocycles. The average molecular weight is 365 g/mol. The second-order valence-corrected chi connectivity index (χ2v) is 7.70. The fourth-order valence-corrected chi connectivity index (χ4v) is 3.51. The highest BCUT2D eigenvalue weighted by molar-refractivity contribution is 7.89. The highest BCUT2D eigenvalue weighted by Crippen LogP contribution is 2.22. The van der Waals surface area contributed by atoms with Crippen LogP contribution in [0.4, 0.5) is 0 Å². The van der Waals surface area contributed by atoms with Crippen LogP contribution in [0.15, 0.2) is 47.4 Å². The molecule has 0 unspecified atom stereocenters. The number of hydrogen-bond acceptors (Lipinski definition) is 4. The van der Waals surface area contributed by atoms with Gasteiger partial charge in [0, 0.05) is 13.6 Å². The topological polar surface area (TPSA) is 70.4 Å². The van der Waals surface area contributed by atoms with Crippen LogP contribution in [0.3, 0.4) is 0 Å². The minimum absolute atomic E-state index is 0.0459. The standard InChI is InChI=1S/C17H17ClN2O3S/c1-13-4-3-5-15(10-13)23-9-8-20(2)24(21,22)16-7-6-14(12-19)17(18)11-16/h3-7,10-11H,8-9H2,1-2H3. The van der Waals surface area contributed by atoms with Gasteiger partial charge in [-0.25, -0.2) is 8.42 Å². The summed E-state index contributed by atoms with van der Waals surface area (Å²) in [4.78, 5) is 0.0459. The summed E-state index contributed by atoms with van der Waals surface area (Å²) in [5, 5.41) is 8.97. The van der Waals surface area contributed by atoms with E-state index in [2.05, 4.69) is 0 Å². The maximum absolute atomic E-state index is 12.5. The van der Waals surface area contributed by atoms with Crippen LogP contribution in [0.25, 0.3) is 0 Å². The normalized spacial score (nSPS) is 11.3. The zero-order valence-corrected chi connectivity index (χ0v) is 14.9. The molecule has 7 heteroatoms. The third-order valence-corrected chi connectivity index (χ3v) is 5.60. The highest BCUT2D eigenvalue weighted by Gasteiger charge is 2.21. The van der Waals surface area contributed by atoms with Crippen molar-refractivity contribution >= 4 is 21.6 Å². The molecule has 5 nitrogen and oxygen atoms in total. The molecule has 2 aromatic rings. The van der Waals surface area contributed by atoms with Crippen LogP contribution >= 0.6 is 11.6 Å². The van der Waals surface area contributed by atoms with Crippen molar-refractivity contribution < 1.29 is 13.2 Å². The molecule has 0 fully saturated rings. The Balaban J connectivity index is 2.04. The number of aryl methyl sites for hydroxylation is 1. The lowest BCUT2D eigenvalue weighted by Gasteiger charge is -2.18. The number of halogens is 1. The molecule has 2 rings (SSSR count). The van der Waals surface area contributed by atoms with Crippen LogP contribution in [-0.2, 0) is 10.0 Å². The first kappa shape index (κ1) is 18.3. The Bertz CT molecular complexity index is 876. The molecule has 0 N–H and O–H groups in total. The van der Waals surface area contributed by atoms with Gasteiger partial charge in [-0.3, -0.25) is 0 Å². The molecule has 0 aliphatic heterocycles. The second-order valence-electron chi connectivity index (χ2n) is 5.24. The van der Waals surface area contributed by atoms with Gasteiger partial charge in [-0.05, 0) is 42.8 Å². The first-order chi connectivity index (χ1) is 11.3. The van der Waals surface area contributed by atoms with E-state index >= 15 is 0 Å². The quantitative estimate of drug-likeness (QED) is 0.789. The maximum atomic E-state index is 12.5. The lowest BCUT2D eigenvalue weighted by Crippen LogP contribution is -2.31. The van der Waals surface area contributed by atoms with Crippen LogP contribution in [0.2, 0.25) is 5.02 Å². The summed E-state index contributed by atoms with van der Waals surface area (Å²) in [6.45, 7) is 2.37. The number of likely N-dealkylation sites (N-methyl/N-ethyl adjacent to an activating group) is 1. The summed E-state index contributed by atoms with van der Waals surface area (Å²) in [6, 6.07) is 13.5. The largest absolute Gasteiger partial charge is 0.492 e. The van der Waals surface area contributed by atoms with E-state index in [1.165, 1.54) is 29.6 Å². The Morgan fingerprint density at radius 1 is 1.25 bits per heavy atom. The van der Waals surface area contributed by atoms with Crippen LogP contribution in [0.5, 0.6) is 5.75 Å². The van der Waals surface area contributed by atoms with Crippen molar-refractivity contribution in [2.45, 2.75) is 11.8 Å². The van der Waals surface area contributed by atoms with Gasteiger partial charge >= 0.3 is 0 Å². The minimum atomic E-state index is -3.69. The Morgan fingerprint density at radius 2 is 2.00 bits per heavy atom. The number of rotatable bonds is 6. The molecule has 0 atom stereocenters. The van der Waals surface area contributed by atoms with Gasteiger partial charge in [0.2, 0.25) is 10.0 Å². The van der Waals surface area contributed by atoms with Gasteiger partial charge in [-0.1, -0.05) is 23.7 Å². The fourth-order valence-electron chi connectivity index (χ4n) is 2.04. The second kappa shape index (κ2) is 7.67. The van der Waals surface area contributed by atoms with Crippen LogP contribution in [0, 0.1) is 18.3 Å². The molecule has 0 radical (unpaired) electrons. The van der Waals surface area contributed by atoms with Gasteiger partial charge < -0.3 is 4.74 Å². The van der Waals surface area contributed by atoms with E-state index in [1.54, 1.807) is 0 Å². The van der Waals surface area contributed by atoms with Crippen molar-refractivity contribution in [2.24, 2.45) is 0 Å². The minimum Gasteiger partial charge on any atom is -0.492 e. The van der Waals surface area contributed by atoms with E-state index in [4.69, 9.17) is 21.6 Å². The Hall–Kier alpha value is -2.07. The van der Waals surface area contributed by atoms with Crippen molar-refractivity contribution in [2.75, 3.05) is 20.2 Å². The van der Waals surface area contributed by atoms with Crippen molar-refractivity contribution in [3.63, 3.8) is 0 Å². The Morgan fingerprint density at radius 3 is 2.62 bits per heavy atom. The fraction of sp³-hybridized carbons (Fsp3) is 0.235. The van der Waals surface area contributed by atoms with E-state index < -0.39 is 10.0 Å². The van der Waals surface area contributed by atoms with Gasteiger partial charge in [0.15, 0.2) is 0 Å². The smallest absolute Gasteiger partial charge is 0.242 e. The first-order valence-corrected chi connectivity index (χ1v) is 9.02. The Labute approximate surface area is 147 Å². The number of sulfonamides is 1. The molecule has 0 spiro atoms. The summed E-state index contributed by atoms with van der Waals surface area (Å²) in [6.07, 6.45) is 0. The van der Waals surface area contributed by atoms with E-state index in [1.807, 2.05) is 37.3 Å². The van der Waals surface area contributed by atoms with Crippen molar-refractivity contribution in [3.05, 3.63) is 58.6 Å². The third-order valence-electron chi connectivity index (χ3n) is 3.43. The monoisotopic (exact) mass is 364 g/mol. The number of nitriles is 1.